The second-order valence-electron chi connectivity index (χ2n) is 5.37. The first kappa shape index (κ1) is 15.5. The van der Waals surface area contributed by atoms with Crippen LogP contribution >= 0.6 is 11.3 Å². The van der Waals surface area contributed by atoms with Crippen molar-refractivity contribution in [3.8, 4) is 22.7 Å². The van der Waals surface area contributed by atoms with Gasteiger partial charge in [0.1, 0.15) is 5.82 Å². The third kappa shape index (κ3) is 3.27. The second kappa shape index (κ2) is 6.45. The predicted octanol–water partition coefficient (Wildman–Crippen LogP) is 5.05. The van der Waals surface area contributed by atoms with E-state index in [0.29, 0.717) is 22.5 Å². The van der Waals surface area contributed by atoms with Gasteiger partial charge in [-0.05, 0) is 31.2 Å². The first-order chi connectivity index (χ1) is 12.2. The zero-order valence-electron chi connectivity index (χ0n) is 13.2. The lowest BCUT2D eigenvalue weighted by molar-refractivity contribution is 0.425. The standard InChI is InChI=1S/C18H13FN4OS/c1-11-20-17(24-23-11)13-6-4-5-12(9-13)16-10-25-18(22-16)21-15-8-3-2-7-14(15)19/h2-10H,1H3,(H,21,22). The molecule has 0 bridgehead atoms. The summed E-state index contributed by atoms with van der Waals surface area (Å²) in [6, 6.07) is 14.2. The molecule has 5 nitrogen and oxygen atoms in total. The summed E-state index contributed by atoms with van der Waals surface area (Å²) in [6.07, 6.45) is 0. The van der Waals surface area contributed by atoms with E-state index in [4.69, 9.17) is 4.52 Å². The molecule has 0 unspecified atom stereocenters. The van der Waals surface area contributed by atoms with Gasteiger partial charge in [0.05, 0.1) is 11.4 Å². The van der Waals surface area contributed by atoms with Crippen LogP contribution in [0, 0.1) is 12.7 Å². The summed E-state index contributed by atoms with van der Waals surface area (Å²) in [7, 11) is 0. The number of thiazole rings is 1. The van der Waals surface area contributed by atoms with Gasteiger partial charge in [-0.15, -0.1) is 11.3 Å². The molecule has 2 aromatic carbocycles. The van der Waals surface area contributed by atoms with E-state index in [9.17, 15) is 4.39 Å². The summed E-state index contributed by atoms with van der Waals surface area (Å²) in [4.78, 5) is 8.77. The molecular weight excluding hydrogens is 339 g/mol. The molecule has 0 fully saturated rings. The number of aryl methyl sites for hydroxylation is 1. The molecule has 4 rings (SSSR count). The minimum atomic E-state index is -0.312. The first-order valence-electron chi connectivity index (χ1n) is 7.57. The monoisotopic (exact) mass is 352 g/mol. The Kier molecular flexibility index (Phi) is 3.99. The van der Waals surface area contributed by atoms with Gasteiger partial charge in [-0.1, -0.05) is 29.4 Å². The van der Waals surface area contributed by atoms with Crippen LogP contribution in [-0.4, -0.2) is 15.1 Å². The maximum atomic E-state index is 13.7. The van der Waals surface area contributed by atoms with E-state index in [1.807, 2.05) is 29.6 Å². The van der Waals surface area contributed by atoms with Gasteiger partial charge in [0.15, 0.2) is 11.0 Å². The zero-order chi connectivity index (χ0) is 17.2. The van der Waals surface area contributed by atoms with Crippen molar-refractivity contribution in [1.82, 2.24) is 15.1 Å². The lowest BCUT2D eigenvalue weighted by atomic mass is 10.1. The normalized spacial score (nSPS) is 10.8. The molecule has 0 saturated heterocycles. The number of aromatic nitrogens is 3. The van der Waals surface area contributed by atoms with Crippen molar-refractivity contribution in [3.05, 3.63) is 65.6 Å². The molecule has 0 saturated carbocycles. The van der Waals surface area contributed by atoms with Crippen LogP contribution in [0.2, 0.25) is 0 Å². The number of nitrogens with one attached hydrogen (secondary N) is 1. The topological polar surface area (TPSA) is 63.8 Å². The number of benzene rings is 2. The molecule has 4 aromatic rings. The Labute approximate surface area is 147 Å². The summed E-state index contributed by atoms with van der Waals surface area (Å²) < 4.78 is 18.9. The highest BCUT2D eigenvalue weighted by Gasteiger charge is 2.10. The lowest BCUT2D eigenvalue weighted by Crippen LogP contribution is -1.92. The maximum Gasteiger partial charge on any atom is 0.257 e. The van der Waals surface area contributed by atoms with Gasteiger partial charge in [0.2, 0.25) is 0 Å². The van der Waals surface area contributed by atoms with E-state index in [2.05, 4.69) is 20.4 Å². The number of hydrogen-bond donors (Lipinski definition) is 1. The SMILES string of the molecule is Cc1noc(-c2cccc(-c3csc(Nc4ccccc4F)n3)c2)n1. The third-order valence-electron chi connectivity index (χ3n) is 3.55. The van der Waals surface area contributed by atoms with E-state index < -0.39 is 0 Å². The summed E-state index contributed by atoms with van der Waals surface area (Å²) in [6.45, 7) is 1.78. The average molecular weight is 352 g/mol. The highest BCUT2D eigenvalue weighted by molar-refractivity contribution is 7.14. The number of halogens is 1. The van der Waals surface area contributed by atoms with Gasteiger partial charge < -0.3 is 9.84 Å². The number of hydrogen-bond acceptors (Lipinski definition) is 6. The molecule has 0 aliphatic carbocycles. The average Bonchev–Trinajstić information content (AvgIpc) is 3.26. The van der Waals surface area contributed by atoms with Crippen LogP contribution in [0.25, 0.3) is 22.7 Å². The van der Waals surface area contributed by atoms with Crippen molar-refractivity contribution in [2.75, 3.05) is 5.32 Å². The minimum absolute atomic E-state index is 0.312. The maximum absolute atomic E-state index is 13.7. The molecular formula is C18H13FN4OS. The molecule has 2 aromatic heterocycles. The third-order valence-corrected chi connectivity index (χ3v) is 4.31. The van der Waals surface area contributed by atoms with Crippen LogP contribution in [0.3, 0.4) is 0 Å². The van der Waals surface area contributed by atoms with Crippen LogP contribution in [0.4, 0.5) is 15.2 Å². The molecule has 1 N–H and O–H groups in total. The lowest BCUT2D eigenvalue weighted by Gasteiger charge is -2.03. The molecule has 25 heavy (non-hydrogen) atoms. The largest absolute Gasteiger partial charge is 0.334 e. The number of rotatable bonds is 4. The van der Waals surface area contributed by atoms with E-state index in [0.717, 1.165) is 16.8 Å². The number of para-hydroxylation sites is 1. The number of anilines is 2. The smallest absolute Gasteiger partial charge is 0.257 e. The molecule has 2 heterocycles. The molecule has 0 aliphatic rings. The van der Waals surface area contributed by atoms with Gasteiger partial charge in [-0.25, -0.2) is 9.37 Å². The molecule has 124 valence electrons. The van der Waals surface area contributed by atoms with Crippen molar-refractivity contribution in [2.24, 2.45) is 0 Å². The first-order valence-corrected chi connectivity index (χ1v) is 8.45. The number of nitrogens with zero attached hydrogens (tertiary/aromatic N) is 3. The summed E-state index contributed by atoms with van der Waals surface area (Å²) in [5.41, 5.74) is 2.95. The summed E-state index contributed by atoms with van der Waals surface area (Å²) >= 11 is 1.41. The van der Waals surface area contributed by atoms with Crippen molar-refractivity contribution in [3.63, 3.8) is 0 Å². The van der Waals surface area contributed by atoms with Crippen LogP contribution in [-0.2, 0) is 0 Å². The summed E-state index contributed by atoms with van der Waals surface area (Å²) in [5.74, 6) is 0.748. The Morgan fingerprint density at radius 1 is 1.04 bits per heavy atom. The van der Waals surface area contributed by atoms with Gasteiger partial charge in [0, 0.05) is 16.5 Å². The highest BCUT2D eigenvalue weighted by Crippen LogP contribution is 2.30. The molecule has 0 radical (unpaired) electrons. The fourth-order valence-electron chi connectivity index (χ4n) is 2.37. The fourth-order valence-corrected chi connectivity index (χ4v) is 3.10. The molecule has 0 spiro atoms. The van der Waals surface area contributed by atoms with Crippen molar-refractivity contribution >= 4 is 22.2 Å². The van der Waals surface area contributed by atoms with Crippen LogP contribution in [0.1, 0.15) is 5.82 Å². The minimum Gasteiger partial charge on any atom is -0.334 e. The van der Waals surface area contributed by atoms with Gasteiger partial charge in [0.25, 0.3) is 5.89 Å². The van der Waals surface area contributed by atoms with Gasteiger partial charge in [-0.2, -0.15) is 4.98 Å². The van der Waals surface area contributed by atoms with E-state index in [-0.39, 0.29) is 5.82 Å². The molecule has 0 atom stereocenters. The Hall–Kier alpha value is -3.06. The van der Waals surface area contributed by atoms with E-state index >= 15 is 0 Å². The highest BCUT2D eigenvalue weighted by atomic mass is 32.1. The van der Waals surface area contributed by atoms with Crippen molar-refractivity contribution in [1.29, 1.82) is 0 Å². The zero-order valence-corrected chi connectivity index (χ0v) is 14.0. The Morgan fingerprint density at radius 3 is 2.68 bits per heavy atom. The van der Waals surface area contributed by atoms with E-state index in [1.165, 1.54) is 17.4 Å². The Morgan fingerprint density at radius 2 is 1.88 bits per heavy atom. The van der Waals surface area contributed by atoms with Crippen LogP contribution < -0.4 is 5.32 Å². The predicted molar refractivity (Wildman–Crippen MR) is 95.3 cm³/mol. The Bertz CT molecular complexity index is 1030. The fraction of sp³-hybridized carbons (Fsp3) is 0.0556. The summed E-state index contributed by atoms with van der Waals surface area (Å²) in [5, 5.41) is 9.36. The quantitative estimate of drug-likeness (QED) is 0.557. The van der Waals surface area contributed by atoms with Crippen LogP contribution in [0.5, 0.6) is 0 Å². The molecule has 0 aliphatic heterocycles. The van der Waals surface area contributed by atoms with Crippen molar-refractivity contribution < 1.29 is 8.91 Å². The Balaban J connectivity index is 1.61. The van der Waals surface area contributed by atoms with Crippen LogP contribution in [0.15, 0.2) is 58.4 Å². The molecule has 0 amide bonds. The molecule has 7 heteroatoms. The van der Waals surface area contributed by atoms with Crippen molar-refractivity contribution in [2.45, 2.75) is 6.92 Å². The van der Waals surface area contributed by atoms with Gasteiger partial charge >= 0.3 is 0 Å². The van der Waals surface area contributed by atoms with Gasteiger partial charge in [-0.3, -0.25) is 0 Å². The second-order valence-corrected chi connectivity index (χ2v) is 6.23. The van der Waals surface area contributed by atoms with E-state index in [1.54, 1.807) is 25.1 Å².